The van der Waals surface area contributed by atoms with E-state index in [2.05, 4.69) is 20.0 Å². The Kier molecular flexibility index (Phi) is 4.09. The summed E-state index contributed by atoms with van der Waals surface area (Å²) in [4.78, 5) is -0.0947. The normalized spacial score (nSPS) is 11.5. The van der Waals surface area contributed by atoms with Gasteiger partial charge in [-0.3, -0.25) is 9.40 Å². The van der Waals surface area contributed by atoms with Crippen LogP contribution in [0.25, 0.3) is 0 Å². The molecule has 2 aromatic heterocycles. The van der Waals surface area contributed by atoms with Gasteiger partial charge in [-0.1, -0.05) is 18.5 Å². The molecule has 0 aliphatic carbocycles. The van der Waals surface area contributed by atoms with Crippen molar-refractivity contribution in [2.75, 3.05) is 10.5 Å². The molecule has 0 spiro atoms. The molecule has 0 amide bonds. The Morgan fingerprint density at radius 3 is 2.75 bits per heavy atom. The molecule has 0 aliphatic rings. The molecule has 0 unspecified atom stereocenters. The molecule has 0 saturated heterocycles. The average molecular weight is 317 g/mol. The number of halogens is 1. The minimum atomic E-state index is -3.86. The lowest BCUT2D eigenvalue weighted by Gasteiger charge is -2.04. The Morgan fingerprint density at radius 2 is 2.15 bits per heavy atom. The van der Waals surface area contributed by atoms with Crippen molar-refractivity contribution in [3.8, 4) is 0 Å². The lowest BCUT2D eigenvalue weighted by Crippen LogP contribution is -2.15. The Morgan fingerprint density at radius 1 is 1.40 bits per heavy atom. The van der Waals surface area contributed by atoms with E-state index in [1.807, 2.05) is 6.92 Å². The van der Waals surface area contributed by atoms with Gasteiger partial charge in [-0.25, -0.2) is 8.42 Å². The summed E-state index contributed by atoms with van der Waals surface area (Å²) < 4.78 is 28.1. The van der Waals surface area contributed by atoms with Gasteiger partial charge in [0.2, 0.25) is 0 Å². The smallest absolute Gasteiger partial charge is 0.268 e. The highest BCUT2D eigenvalue weighted by molar-refractivity contribution is 7.92. The van der Waals surface area contributed by atoms with Crippen LogP contribution in [-0.4, -0.2) is 28.4 Å². The van der Waals surface area contributed by atoms with Crippen molar-refractivity contribution in [1.29, 1.82) is 0 Å². The van der Waals surface area contributed by atoms with Crippen LogP contribution in [-0.2, 0) is 16.6 Å². The summed E-state index contributed by atoms with van der Waals surface area (Å²) in [6.45, 7) is 2.54. The van der Waals surface area contributed by atoms with Crippen LogP contribution in [0, 0.1) is 0 Å². The maximum Gasteiger partial charge on any atom is 0.268 e. The molecule has 2 aromatic rings. The number of aromatic nitrogens is 4. The van der Waals surface area contributed by atoms with Crippen molar-refractivity contribution in [2.24, 2.45) is 0 Å². The zero-order chi connectivity index (χ0) is 14.8. The third kappa shape index (κ3) is 3.17. The molecule has 2 heterocycles. The van der Waals surface area contributed by atoms with Crippen molar-refractivity contribution >= 4 is 33.3 Å². The largest absolute Gasteiger partial charge is 0.381 e. The maximum atomic E-state index is 12.2. The predicted octanol–water partition coefficient (Wildman–Crippen LogP) is 1.12. The highest BCUT2D eigenvalue weighted by Crippen LogP contribution is 2.19. The van der Waals surface area contributed by atoms with Crippen LogP contribution in [0.4, 0.5) is 11.6 Å². The van der Waals surface area contributed by atoms with Gasteiger partial charge in [0.05, 0.1) is 0 Å². The van der Waals surface area contributed by atoms with Gasteiger partial charge in [0.15, 0.2) is 16.8 Å². The highest BCUT2D eigenvalue weighted by Gasteiger charge is 2.21. The Labute approximate surface area is 121 Å². The summed E-state index contributed by atoms with van der Waals surface area (Å²) in [5.74, 6) is -0.00934. The third-order valence-electron chi connectivity index (χ3n) is 2.37. The Hall–Kier alpha value is -1.87. The molecule has 2 rings (SSSR count). The molecule has 8 nitrogen and oxygen atoms in total. The van der Waals surface area contributed by atoms with E-state index in [0.29, 0.717) is 6.54 Å². The second kappa shape index (κ2) is 5.63. The van der Waals surface area contributed by atoms with E-state index in [1.54, 1.807) is 0 Å². The van der Waals surface area contributed by atoms with E-state index in [9.17, 15) is 8.42 Å². The minimum Gasteiger partial charge on any atom is -0.381 e. The van der Waals surface area contributed by atoms with Crippen LogP contribution in [0.3, 0.4) is 0 Å². The van der Waals surface area contributed by atoms with E-state index >= 15 is 0 Å². The molecule has 0 bridgehead atoms. The quantitative estimate of drug-likeness (QED) is 0.854. The standard InChI is InChI=1S/C10H13ClN6O2S/c1-2-5-17-6-7(10(12)15-17)20(18,19)16-9-4-3-8(11)13-14-9/h3-4,6H,2,5H2,1H3,(H2,12,15)(H,14,16). The van der Waals surface area contributed by atoms with E-state index in [0.717, 1.165) is 6.42 Å². The lowest BCUT2D eigenvalue weighted by molar-refractivity contribution is 0.595. The second-order valence-electron chi connectivity index (χ2n) is 3.99. The first-order valence-electron chi connectivity index (χ1n) is 5.77. The molecule has 0 saturated carbocycles. The number of nitrogens with one attached hydrogen (secondary N) is 1. The van der Waals surface area contributed by atoms with Crippen LogP contribution in [0.5, 0.6) is 0 Å². The van der Waals surface area contributed by atoms with Crippen molar-refractivity contribution in [3.63, 3.8) is 0 Å². The molecule has 10 heteroatoms. The van der Waals surface area contributed by atoms with Gasteiger partial charge in [0.1, 0.15) is 4.90 Å². The van der Waals surface area contributed by atoms with Gasteiger partial charge >= 0.3 is 0 Å². The molecule has 0 atom stereocenters. The molecule has 0 aliphatic heterocycles. The van der Waals surface area contributed by atoms with Gasteiger partial charge in [-0.05, 0) is 18.6 Å². The highest BCUT2D eigenvalue weighted by atomic mass is 35.5. The maximum absolute atomic E-state index is 12.2. The summed E-state index contributed by atoms with van der Waals surface area (Å²) in [6.07, 6.45) is 2.20. The molecule has 108 valence electrons. The Bertz CT molecular complexity index is 697. The topological polar surface area (TPSA) is 116 Å². The van der Waals surface area contributed by atoms with Gasteiger partial charge < -0.3 is 5.73 Å². The summed E-state index contributed by atoms with van der Waals surface area (Å²) in [5, 5.41) is 11.3. The van der Waals surface area contributed by atoms with Gasteiger partial charge in [0.25, 0.3) is 10.0 Å². The van der Waals surface area contributed by atoms with Gasteiger partial charge in [-0.15, -0.1) is 10.2 Å². The van der Waals surface area contributed by atoms with Crippen molar-refractivity contribution in [3.05, 3.63) is 23.5 Å². The molecular formula is C10H13ClN6O2S. The molecule has 20 heavy (non-hydrogen) atoms. The number of anilines is 2. The van der Waals surface area contributed by atoms with Crippen molar-refractivity contribution in [2.45, 2.75) is 24.8 Å². The van der Waals surface area contributed by atoms with Gasteiger partial charge in [-0.2, -0.15) is 5.10 Å². The fourth-order valence-electron chi connectivity index (χ4n) is 1.53. The first-order chi connectivity index (χ1) is 9.42. The number of hydrogen-bond acceptors (Lipinski definition) is 6. The fraction of sp³-hybridized carbons (Fsp3) is 0.300. The zero-order valence-corrected chi connectivity index (χ0v) is 12.2. The van der Waals surface area contributed by atoms with Crippen LogP contribution < -0.4 is 10.5 Å². The third-order valence-corrected chi connectivity index (χ3v) is 3.94. The van der Waals surface area contributed by atoms with E-state index in [-0.39, 0.29) is 21.7 Å². The number of aryl methyl sites for hydroxylation is 1. The molecule has 0 aromatic carbocycles. The first-order valence-corrected chi connectivity index (χ1v) is 7.63. The zero-order valence-electron chi connectivity index (χ0n) is 10.6. The summed E-state index contributed by atoms with van der Waals surface area (Å²) in [7, 11) is -3.86. The molecular weight excluding hydrogens is 304 g/mol. The summed E-state index contributed by atoms with van der Waals surface area (Å²) >= 11 is 5.58. The molecule has 3 N–H and O–H groups in total. The van der Waals surface area contributed by atoms with Crippen LogP contribution >= 0.6 is 11.6 Å². The number of hydrogen-bond donors (Lipinski definition) is 2. The predicted molar refractivity (Wildman–Crippen MR) is 74.8 cm³/mol. The Balaban J connectivity index is 2.28. The van der Waals surface area contributed by atoms with Crippen molar-refractivity contribution < 1.29 is 8.42 Å². The SMILES string of the molecule is CCCn1cc(S(=O)(=O)Nc2ccc(Cl)nn2)c(N)n1. The molecule has 0 radical (unpaired) electrons. The number of nitrogens with zero attached hydrogens (tertiary/aromatic N) is 4. The number of nitrogen functional groups attached to an aromatic ring is 1. The van der Waals surface area contributed by atoms with Crippen LogP contribution in [0.2, 0.25) is 5.15 Å². The number of rotatable bonds is 5. The molecule has 0 fully saturated rings. The van der Waals surface area contributed by atoms with E-state index < -0.39 is 10.0 Å². The summed E-state index contributed by atoms with van der Waals surface area (Å²) in [6, 6.07) is 2.83. The number of nitrogens with two attached hydrogens (primary N) is 1. The first kappa shape index (κ1) is 14.5. The second-order valence-corrected chi connectivity index (χ2v) is 6.03. The van der Waals surface area contributed by atoms with Crippen LogP contribution in [0.15, 0.2) is 23.2 Å². The summed E-state index contributed by atoms with van der Waals surface area (Å²) in [5.41, 5.74) is 5.63. The van der Waals surface area contributed by atoms with E-state index in [4.69, 9.17) is 17.3 Å². The minimum absolute atomic E-state index is 0.0528. The van der Waals surface area contributed by atoms with Gasteiger partial charge in [0, 0.05) is 12.7 Å². The fourth-order valence-corrected chi connectivity index (χ4v) is 2.70. The average Bonchev–Trinajstić information content (AvgIpc) is 2.74. The van der Waals surface area contributed by atoms with Crippen molar-refractivity contribution in [1.82, 2.24) is 20.0 Å². The van der Waals surface area contributed by atoms with E-state index in [1.165, 1.54) is 23.0 Å². The lowest BCUT2D eigenvalue weighted by atomic mass is 10.5. The van der Waals surface area contributed by atoms with Crippen LogP contribution in [0.1, 0.15) is 13.3 Å². The number of sulfonamides is 1. The monoisotopic (exact) mass is 316 g/mol.